The Hall–Kier alpha value is -0.340. The molecule has 0 saturated heterocycles. The molecule has 0 spiro atoms. The Bertz CT molecular complexity index is 248. The van der Waals surface area contributed by atoms with Crippen molar-refractivity contribution in [3.8, 4) is 0 Å². The minimum Gasteiger partial charge on any atom is -1.00 e. The van der Waals surface area contributed by atoms with Gasteiger partial charge in [0.05, 0.1) is 6.54 Å². The van der Waals surface area contributed by atoms with Crippen LogP contribution in [0.4, 0.5) is 0 Å². The fourth-order valence-corrected chi connectivity index (χ4v) is 2.03. The predicted molar refractivity (Wildman–Crippen MR) is 70.2 cm³/mol. The largest absolute Gasteiger partial charge is 1.00 e. The number of hydrogen-bond donors (Lipinski definition) is 1. The van der Waals surface area contributed by atoms with Crippen LogP contribution in [-0.2, 0) is 6.42 Å². The molecule has 2 heteroatoms. The van der Waals surface area contributed by atoms with Gasteiger partial charge in [-0.1, -0.05) is 56.0 Å². The van der Waals surface area contributed by atoms with E-state index in [0.29, 0.717) is 0 Å². The van der Waals surface area contributed by atoms with Crippen molar-refractivity contribution < 1.29 is 22.7 Å². The molecule has 1 aromatic rings. The summed E-state index contributed by atoms with van der Waals surface area (Å²) in [5.74, 6) is 0. The molecule has 1 aromatic carbocycles. The summed E-state index contributed by atoms with van der Waals surface area (Å²) >= 11 is 0. The molecule has 98 valence electrons. The summed E-state index contributed by atoms with van der Waals surface area (Å²) in [4.78, 5) is 0. The first kappa shape index (κ1) is 16.7. The lowest BCUT2D eigenvalue weighted by atomic mass is 10.0. The van der Waals surface area contributed by atoms with Gasteiger partial charge in [-0.25, -0.2) is 0 Å². The highest BCUT2D eigenvalue weighted by Crippen LogP contribution is 2.10. The number of quaternary nitrogens is 1. The molecule has 17 heavy (non-hydrogen) atoms. The van der Waals surface area contributed by atoms with E-state index in [0.717, 1.165) is 6.54 Å². The second-order valence-corrected chi connectivity index (χ2v) is 4.56. The molecule has 0 heterocycles. The smallest absolute Gasteiger partial charge is 0.0739 e. The lowest BCUT2D eigenvalue weighted by Gasteiger charge is -2.02. The van der Waals surface area contributed by atoms with Crippen molar-refractivity contribution in [2.75, 3.05) is 6.54 Å². The number of hydrogen-bond acceptors (Lipinski definition) is 0. The number of aryl methyl sites for hydroxylation is 1. The molecule has 0 bridgehead atoms. The minimum atomic E-state index is 0. The second-order valence-electron chi connectivity index (χ2n) is 4.56. The molecule has 0 amide bonds. The van der Waals surface area contributed by atoms with Crippen LogP contribution >= 0.6 is 0 Å². The van der Waals surface area contributed by atoms with Crippen LogP contribution in [0.15, 0.2) is 30.3 Å². The highest BCUT2D eigenvalue weighted by atomic mass is 79.9. The first-order chi connectivity index (χ1) is 7.93. The molecule has 1 rings (SSSR count). The monoisotopic (exact) mass is 299 g/mol. The van der Waals surface area contributed by atoms with Gasteiger partial charge in [0.2, 0.25) is 0 Å². The fourth-order valence-electron chi connectivity index (χ4n) is 2.03. The number of rotatable bonds is 9. The minimum absolute atomic E-state index is 0. The van der Waals surface area contributed by atoms with Gasteiger partial charge in [-0.05, 0) is 31.2 Å². The third kappa shape index (κ3) is 9.37. The van der Waals surface area contributed by atoms with Crippen LogP contribution in [0.5, 0.6) is 0 Å². The predicted octanol–water partition coefficient (Wildman–Crippen LogP) is 0.206. The molecule has 0 aromatic heterocycles. The molecule has 1 nitrogen and oxygen atoms in total. The van der Waals surface area contributed by atoms with Gasteiger partial charge < -0.3 is 22.7 Å². The number of benzene rings is 1. The highest BCUT2D eigenvalue weighted by molar-refractivity contribution is 5.14. The molecule has 0 aliphatic heterocycles. The van der Waals surface area contributed by atoms with Crippen LogP contribution in [0.2, 0.25) is 0 Å². The molecule has 0 saturated carbocycles. The zero-order chi connectivity index (χ0) is 11.5. The Balaban J connectivity index is 0.00000256. The molecule has 0 radical (unpaired) electrons. The van der Waals surface area contributed by atoms with Crippen molar-refractivity contribution in [1.29, 1.82) is 0 Å². The second kappa shape index (κ2) is 12.1. The number of halogens is 1. The molecule has 3 N–H and O–H groups in total. The van der Waals surface area contributed by atoms with E-state index in [2.05, 4.69) is 36.1 Å². The molecular formula is C15H26BrN. The van der Waals surface area contributed by atoms with Gasteiger partial charge in [-0.3, -0.25) is 0 Å². The molecule has 0 atom stereocenters. The quantitative estimate of drug-likeness (QED) is 0.631. The topological polar surface area (TPSA) is 27.6 Å². The van der Waals surface area contributed by atoms with Crippen LogP contribution in [0.3, 0.4) is 0 Å². The normalized spacial score (nSPS) is 9.94. The average molecular weight is 300 g/mol. The summed E-state index contributed by atoms with van der Waals surface area (Å²) in [7, 11) is 0. The van der Waals surface area contributed by atoms with Crippen LogP contribution in [0.25, 0.3) is 0 Å². The van der Waals surface area contributed by atoms with Crippen molar-refractivity contribution in [2.24, 2.45) is 0 Å². The van der Waals surface area contributed by atoms with Crippen molar-refractivity contribution in [1.82, 2.24) is 0 Å². The standard InChI is InChI=1S/C15H25N.BrH/c16-14-10-5-3-1-2-4-7-11-15-12-8-6-9-13-15;/h6,8-9,12-13H,1-5,7,10-11,14,16H2;1H. The van der Waals surface area contributed by atoms with E-state index < -0.39 is 0 Å². The summed E-state index contributed by atoms with van der Waals surface area (Å²) in [6.45, 7) is 1.11. The van der Waals surface area contributed by atoms with Gasteiger partial charge in [0.1, 0.15) is 0 Å². The molecule has 0 unspecified atom stereocenters. The van der Waals surface area contributed by atoms with Gasteiger partial charge in [0.25, 0.3) is 0 Å². The highest BCUT2D eigenvalue weighted by Gasteiger charge is 1.93. The van der Waals surface area contributed by atoms with Crippen molar-refractivity contribution in [2.45, 2.75) is 51.4 Å². The zero-order valence-electron chi connectivity index (χ0n) is 10.8. The zero-order valence-corrected chi connectivity index (χ0v) is 12.4. The Kier molecular flexibility index (Phi) is 11.9. The molecule has 0 fully saturated rings. The first-order valence-corrected chi connectivity index (χ1v) is 6.76. The van der Waals surface area contributed by atoms with E-state index in [1.165, 1.54) is 56.9 Å². The molecular weight excluding hydrogens is 274 g/mol. The van der Waals surface area contributed by atoms with Crippen molar-refractivity contribution in [3.63, 3.8) is 0 Å². The summed E-state index contributed by atoms with van der Waals surface area (Å²) in [5, 5.41) is 0. The SMILES string of the molecule is [Br-].[NH3+]CCCCCCCCCc1ccccc1. The lowest BCUT2D eigenvalue weighted by Crippen LogP contribution is -3.00. The van der Waals surface area contributed by atoms with Gasteiger partial charge in [0, 0.05) is 0 Å². The Morgan fingerprint density at radius 1 is 0.706 bits per heavy atom. The van der Waals surface area contributed by atoms with Gasteiger partial charge in [0.15, 0.2) is 0 Å². The van der Waals surface area contributed by atoms with E-state index in [9.17, 15) is 0 Å². The average Bonchev–Trinajstić information content (AvgIpc) is 2.34. The summed E-state index contributed by atoms with van der Waals surface area (Å²) in [5.41, 5.74) is 5.35. The summed E-state index contributed by atoms with van der Waals surface area (Å²) < 4.78 is 0. The van der Waals surface area contributed by atoms with Crippen molar-refractivity contribution in [3.05, 3.63) is 35.9 Å². The van der Waals surface area contributed by atoms with E-state index in [1.54, 1.807) is 0 Å². The lowest BCUT2D eigenvalue weighted by molar-refractivity contribution is -0.368. The summed E-state index contributed by atoms with van der Waals surface area (Å²) in [6, 6.07) is 10.8. The van der Waals surface area contributed by atoms with Crippen LogP contribution in [-0.4, -0.2) is 6.54 Å². The number of unbranched alkanes of at least 4 members (excludes halogenated alkanes) is 6. The van der Waals surface area contributed by atoms with Crippen molar-refractivity contribution >= 4 is 0 Å². The Morgan fingerprint density at radius 2 is 1.24 bits per heavy atom. The van der Waals surface area contributed by atoms with E-state index >= 15 is 0 Å². The maximum Gasteiger partial charge on any atom is 0.0739 e. The maximum absolute atomic E-state index is 3.87. The Morgan fingerprint density at radius 3 is 1.82 bits per heavy atom. The van der Waals surface area contributed by atoms with E-state index in [1.807, 2.05) is 0 Å². The first-order valence-electron chi connectivity index (χ1n) is 6.76. The van der Waals surface area contributed by atoms with Crippen LogP contribution in [0, 0.1) is 0 Å². The third-order valence-corrected chi connectivity index (χ3v) is 3.06. The maximum atomic E-state index is 3.87. The van der Waals surface area contributed by atoms with Crippen LogP contribution < -0.4 is 22.7 Å². The third-order valence-electron chi connectivity index (χ3n) is 3.06. The fraction of sp³-hybridized carbons (Fsp3) is 0.600. The van der Waals surface area contributed by atoms with Crippen LogP contribution in [0.1, 0.15) is 50.5 Å². The molecule has 0 aliphatic carbocycles. The summed E-state index contributed by atoms with van der Waals surface area (Å²) in [6.07, 6.45) is 10.9. The van der Waals surface area contributed by atoms with E-state index in [4.69, 9.17) is 0 Å². The Labute approximate surface area is 117 Å². The van der Waals surface area contributed by atoms with E-state index in [-0.39, 0.29) is 17.0 Å². The van der Waals surface area contributed by atoms with Gasteiger partial charge >= 0.3 is 0 Å². The molecule has 0 aliphatic rings. The van der Waals surface area contributed by atoms with Gasteiger partial charge in [-0.15, -0.1) is 0 Å². The van der Waals surface area contributed by atoms with Gasteiger partial charge in [-0.2, -0.15) is 0 Å².